The van der Waals surface area contributed by atoms with Crippen molar-refractivity contribution in [3.63, 3.8) is 0 Å². The zero-order valence-corrected chi connectivity index (χ0v) is 26.8. The zero-order chi connectivity index (χ0) is 31.0. The second-order valence-corrected chi connectivity index (χ2v) is 12.7. The van der Waals surface area contributed by atoms with Crippen molar-refractivity contribution in [3.8, 4) is 5.75 Å². The van der Waals surface area contributed by atoms with E-state index in [2.05, 4.69) is 5.32 Å². The van der Waals surface area contributed by atoms with Gasteiger partial charge >= 0.3 is 0 Å². The molecular weight excluding hydrogens is 597 g/mol. The maximum Gasteiger partial charge on any atom is 0.264 e. The molecule has 0 radical (unpaired) electrons. The number of nitrogens with one attached hydrogen (secondary N) is 1. The number of ether oxygens (including phenoxy) is 1. The number of nitrogens with zero attached hydrogens (tertiary/aromatic N) is 2. The summed E-state index contributed by atoms with van der Waals surface area (Å²) in [6, 6.07) is 16.8. The van der Waals surface area contributed by atoms with E-state index in [1.807, 2.05) is 20.8 Å². The summed E-state index contributed by atoms with van der Waals surface area (Å²) in [7, 11) is -4.23. The van der Waals surface area contributed by atoms with Gasteiger partial charge in [0.05, 0.1) is 17.2 Å². The maximum atomic E-state index is 14.1. The number of rotatable bonds is 13. The first-order valence-electron chi connectivity index (χ1n) is 13.7. The fourth-order valence-electron chi connectivity index (χ4n) is 4.17. The number of benzene rings is 3. The topological polar surface area (TPSA) is 96.0 Å². The third kappa shape index (κ3) is 8.18. The van der Waals surface area contributed by atoms with E-state index in [1.165, 1.54) is 17.0 Å². The second-order valence-electron chi connectivity index (χ2n) is 9.98. The van der Waals surface area contributed by atoms with Gasteiger partial charge in [0.1, 0.15) is 18.3 Å². The molecular formula is C31H37Cl2N3O5S. The molecule has 226 valence electrons. The van der Waals surface area contributed by atoms with Crippen LogP contribution in [-0.4, -0.2) is 50.4 Å². The van der Waals surface area contributed by atoms with Crippen LogP contribution < -0.4 is 14.4 Å². The van der Waals surface area contributed by atoms with Crippen LogP contribution in [0, 0.1) is 6.92 Å². The largest absolute Gasteiger partial charge is 0.492 e. The Kier molecular flexibility index (Phi) is 11.7. The Bertz CT molecular complexity index is 1500. The third-order valence-electron chi connectivity index (χ3n) is 6.85. The van der Waals surface area contributed by atoms with Gasteiger partial charge in [0, 0.05) is 22.6 Å². The number of carbonyl (C=O) groups excluding carboxylic acids is 2. The van der Waals surface area contributed by atoms with Crippen molar-refractivity contribution >= 4 is 50.7 Å². The summed E-state index contributed by atoms with van der Waals surface area (Å²) in [6.45, 7) is 8.71. The first-order chi connectivity index (χ1) is 19.9. The van der Waals surface area contributed by atoms with Gasteiger partial charge in [0.15, 0.2) is 0 Å². The molecule has 3 aromatic rings. The van der Waals surface area contributed by atoms with Crippen molar-refractivity contribution in [2.45, 2.75) is 64.6 Å². The highest BCUT2D eigenvalue weighted by molar-refractivity contribution is 7.92. The Hall–Kier alpha value is -3.27. The van der Waals surface area contributed by atoms with Gasteiger partial charge in [-0.1, -0.05) is 66.0 Å². The minimum Gasteiger partial charge on any atom is -0.492 e. The molecule has 2 atom stereocenters. The van der Waals surface area contributed by atoms with Crippen LogP contribution >= 0.6 is 23.2 Å². The van der Waals surface area contributed by atoms with E-state index >= 15 is 0 Å². The molecule has 0 heterocycles. The van der Waals surface area contributed by atoms with E-state index in [0.29, 0.717) is 27.8 Å². The fourth-order valence-corrected chi connectivity index (χ4v) is 6.07. The van der Waals surface area contributed by atoms with E-state index in [9.17, 15) is 18.0 Å². The van der Waals surface area contributed by atoms with Crippen LogP contribution in [-0.2, 0) is 26.2 Å². The van der Waals surface area contributed by atoms with Crippen molar-refractivity contribution in [2.24, 2.45) is 0 Å². The number of halogens is 2. The van der Waals surface area contributed by atoms with Crippen LogP contribution in [0.4, 0.5) is 5.69 Å². The molecule has 42 heavy (non-hydrogen) atoms. The lowest BCUT2D eigenvalue weighted by Crippen LogP contribution is -2.52. The fraction of sp³-hybridized carbons (Fsp3) is 0.355. The standard InChI is InChI=1S/C31H37Cl2N3O5S/c1-6-22(4)34-31(38)23(5)35(19-24-14-15-25(32)18-27(24)33)30(37)20-36(28-10-8-9-11-29(28)41-7-2)42(39,40)26-16-12-21(3)13-17-26/h8-18,22-23H,6-7,19-20H2,1-5H3,(H,34,38)/t22-,23+/m1/s1. The molecule has 0 saturated heterocycles. The molecule has 3 aromatic carbocycles. The maximum absolute atomic E-state index is 14.1. The molecule has 0 aliphatic carbocycles. The minimum atomic E-state index is -4.23. The lowest BCUT2D eigenvalue weighted by Gasteiger charge is -2.33. The van der Waals surface area contributed by atoms with Crippen molar-refractivity contribution in [1.82, 2.24) is 10.2 Å². The van der Waals surface area contributed by atoms with Gasteiger partial charge in [-0.3, -0.25) is 13.9 Å². The number of amides is 2. The van der Waals surface area contributed by atoms with E-state index in [0.717, 1.165) is 9.87 Å². The number of hydrogen-bond donors (Lipinski definition) is 1. The van der Waals surface area contributed by atoms with E-state index in [-0.39, 0.29) is 35.7 Å². The molecule has 0 unspecified atom stereocenters. The summed E-state index contributed by atoms with van der Waals surface area (Å²) in [6.07, 6.45) is 0.701. The normalized spacial score (nSPS) is 12.7. The summed E-state index contributed by atoms with van der Waals surface area (Å²) in [5.74, 6) is -0.668. The Morgan fingerprint density at radius 3 is 2.26 bits per heavy atom. The van der Waals surface area contributed by atoms with Gasteiger partial charge in [-0.25, -0.2) is 8.42 Å². The zero-order valence-electron chi connectivity index (χ0n) is 24.4. The molecule has 0 aliphatic rings. The molecule has 2 amide bonds. The van der Waals surface area contributed by atoms with Crippen molar-refractivity contribution in [2.75, 3.05) is 17.5 Å². The van der Waals surface area contributed by atoms with Gasteiger partial charge in [0.2, 0.25) is 11.8 Å². The third-order valence-corrected chi connectivity index (χ3v) is 9.21. The summed E-state index contributed by atoms with van der Waals surface area (Å²) >= 11 is 12.5. The highest BCUT2D eigenvalue weighted by Crippen LogP contribution is 2.33. The van der Waals surface area contributed by atoms with Gasteiger partial charge in [-0.05, 0) is 76.1 Å². The molecule has 8 nitrogen and oxygen atoms in total. The lowest BCUT2D eigenvalue weighted by molar-refractivity contribution is -0.139. The lowest BCUT2D eigenvalue weighted by atomic mass is 10.1. The Morgan fingerprint density at radius 1 is 0.976 bits per heavy atom. The molecule has 0 fully saturated rings. The van der Waals surface area contributed by atoms with Crippen LogP contribution in [0.3, 0.4) is 0 Å². The average molecular weight is 635 g/mol. The molecule has 0 spiro atoms. The highest BCUT2D eigenvalue weighted by atomic mass is 35.5. The summed E-state index contributed by atoms with van der Waals surface area (Å²) in [5.41, 5.74) is 1.65. The van der Waals surface area contributed by atoms with Crippen molar-refractivity contribution in [3.05, 3.63) is 87.9 Å². The van der Waals surface area contributed by atoms with Gasteiger partial charge in [-0.15, -0.1) is 0 Å². The SMILES string of the molecule is CCOc1ccccc1N(CC(=O)N(Cc1ccc(Cl)cc1Cl)[C@@H](C)C(=O)N[C@H](C)CC)S(=O)(=O)c1ccc(C)cc1. The van der Waals surface area contributed by atoms with Crippen LogP contribution in [0.1, 0.15) is 45.2 Å². The number of anilines is 1. The first kappa shape index (κ1) is 33.2. The molecule has 0 bridgehead atoms. The Morgan fingerprint density at radius 2 is 1.64 bits per heavy atom. The molecule has 0 saturated carbocycles. The molecule has 1 N–H and O–H groups in total. The predicted molar refractivity (Wildman–Crippen MR) is 168 cm³/mol. The Labute approximate surface area is 258 Å². The summed E-state index contributed by atoms with van der Waals surface area (Å²) in [4.78, 5) is 28.7. The number of carbonyl (C=O) groups is 2. The van der Waals surface area contributed by atoms with E-state index in [4.69, 9.17) is 27.9 Å². The molecule has 0 aromatic heterocycles. The van der Waals surface area contributed by atoms with Gasteiger partial charge in [0.25, 0.3) is 10.0 Å². The van der Waals surface area contributed by atoms with Crippen molar-refractivity contribution < 1.29 is 22.7 Å². The van der Waals surface area contributed by atoms with E-state index < -0.39 is 28.5 Å². The average Bonchev–Trinajstić information content (AvgIpc) is 2.95. The summed E-state index contributed by atoms with van der Waals surface area (Å²) in [5, 5.41) is 3.65. The number of hydrogen-bond acceptors (Lipinski definition) is 5. The van der Waals surface area contributed by atoms with Crippen LogP contribution in [0.25, 0.3) is 0 Å². The quantitative estimate of drug-likeness (QED) is 0.241. The minimum absolute atomic E-state index is 0.0158. The van der Waals surface area contributed by atoms with Crippen molar-refractivity contribution in [1.29, 1.82) is 0 Å². The van der Waals surface area contributed by atoms with Crippen LogP contribution in [0.15, 0.2) is 71.6 Å². The molecule has 3 rings (SSSR count). The van der Waals surface area contributed by atoms with Crippen LogP contribution in [0.2, 0.25) is 10.0 Å². The van der Waals surface area contributed by atoms with Gasteiger partial charge in [-0.2, -0.15) is 0 Å². The second kappa shape index (κ2) is 14.8. The first-order valence-corrected chi connectivity index (χ1v) is 15.9. The highest BCUT2D eigenvalue weighted by Gasteiger charge is 2.34. The number of sulfonamides is 1. The predicted octanol–water partition coefficient (Wildman–Crippen LogP) is 6.23. The number of para-hydroxylation sites is 2. The molecule has 0 aliphatic heterocycles. The van der Waals surface area contributed by atoms with E-state index in [1.54, 1.807) is 68.4 Å². The number of aryl methyl sites for hydroxylation is 1. The monoisotopic (exact) mass is 633 g/mol. The van der Waals surface area contributed by atoms with Crippen LogP contribution in [0.5, 0.6) is 5.75 Å². The molecule has 11 heteroatoms. The smallest absolute Gasteiger partial charge is 0.264 e. The summed E-state index contributed by atoms with van der Waals surface area (Å²) < 4.78 is 34.9. The Balaban J connectivity index is 2.10. The van der Waals surface area contributed by atoms with Gasteiger partial charge < -0.3 is 15.0 Å².